The van der Waals surface area contributed by atoms with Crippen molar-refractivity contribution in [2.24, 2.45) is 11.7 Å². The summed E-state index contributed by atoms with van der Waals surface area (Å²) in [4.78, 5) is 2.42. The van der Waals surface area contributed by atoms with E-state index in [1.165, 1.54) is 5.56 Å². The van der Waals surface area contributed by atoms with Crippen molar-refractivity contribution in [1.29, 1.82) is 0 Å². The Morgan fingerprint density at radius 2 is 2.06 bits per heavy atom. The molecule has 2 atom stereocenters. The van der Waals surface area contributed by atoms with Gasteiger partial charge in [-0.05, 0) is 24.4 Å². The van der Waals surface area contributed by atoms with E-state index in [9.17, 15) is 0 Å². The van der Waals surface area contributed by atoms with E-state index in [0.717, 1.165) is 26.1 Å². The highest BCUT2D eigenvalue weighted by Crippen LogP contribution is 2.19. The zero-order valence-corrected chi connectivity index (χ0v) is 10.2. The van der Waals surface area contributed by atoms with Crippen LogP contribution in [0.15, 0.2) is 30.3 Å². The predicted molar refractivity (Wildman–Crippen MR) is 68.5 cm³/mol. The van der Waals surface area contributed by atoms with E-state index in [2.05, 4.69) is 35.2 Å². The zero-order valence-electron chi connectivity index (χ0n) is 9.48. The van der Waals surface area contributed by atoms with E-state index in [0.29, 0.717) is 11.8 Å². The normalized spacial score (nSPS) is 26.9. The topological polar surface area (TPSA) is 29.3 Å². The summed E-state index contributed by atoms with van der Waals surface area (Å²) in [6, 6.07) is 10.8. The number of benzene rings is 1. The Morgan fingerprint density at radius 3 is 2.69 bits per heavy atom. The van der Waals surface area contributed by atoms with Gasteiger partial charge in [0.2, 0.25) is 0 Å². The van der Waals surface area contributed by atoms with Gasteiger partial charge in [0, 0.05) is 25.0 Å². The molecule has 3 heteroatoms. The van der Waals surface area contributed by atoms with Gasteiger partial charge >= 0.3 is 0 Å². The molecule has 1 aliphatic rings. The summed E-state index contributed by atoms with van der Waals surface area (Å²) in [5, 5.41) is 0. The number of nitrogens with zero attached hydrogens (tertiary/aromatic N) is 1. The standard InChI is InChI=1S/C13H19ClN2/c14-8-12-6-7-16(10-13(12)15)9-11-4-2-1-3-5-11/h1-5,12-13H,6-10,15H2. The molecule has 0 radical (unpaired) electrons. The van der Waals surface area contributed by atoms with Gasteiger partial charge in [0.1, 0.15) is 0 Å². The molecule has 2 N–H and O–H groups in total. The highest BCUT2D eigenvalue weighted by molar-refractivity contribution is 6.18. The van der Waals surface area contributed by atoms with Gasteiger partial charge in [-0.25, -0.2) is 0 Å². The van der Waals surface area contributed by atoms with Crippen LogP contribution in [-0.4, -0.2) is 29.9 Å². The smallest absolute Gasteiger partial charge is 0.0267 e. The SMILES string of the molecule is NC1CN(Cc2ccccc2)CCC1CCl. The molecule has 16 heavy (non-hydrogen) atoms. The molecule has 0 saturated carbocycles. The minimum Gasteiger partial charge on any atom is -0.326 e. The van der Waals surface area contributed by atoms with Crippen LogP contribution >= 0.6 is 11.6 Å². The van der Waals surface area contributed by atoms with Crippen molar-refractivity contribution in [1.82, 2.24) is 4.90 Å². The van der Waals surface area contributed by atoms with Crippen LogP contribution in [0.3, 0.4) is 0 Å². The molecule has 1 aromatic rings. The molecule has 1 fully saturated rings. The quantitative estimate of drug-likeness (QED) is 0.817. The summed E-state index contributed by atoms with van der Waals surface area (Å²) >= 11 is 5.88. The van der Waals surface area contributed by atoms with Crippen molar-refractivity contribution in [3.63, 3.8) is 0 Å². The van der Waals surface area contributed by atoms with Gasteiger partial charge in [-0.3, -0.25) is 4.90 Å². The fraction of sp³-hybridized carbons (Fsp3) is 0.538. The Morgan fingerprint density at radius 1 is 1.31 bits per heavy atom. The highest BCUT2D eigenvalue weighted by Gasteiger charge is 2.25. The second kappa shape index (κ2) is 5.67. The Bertz CT molecular complexity index is 315. The minimum absolute atomic E-state index is 0.231. The number of piperidine rings is 1. The van der Waals surface area contributed by atoms with Crippen molar-refractivity contribution < 1.29 is 0 Å². The lowest BCUT2D eigenvalue weighted by atomic mass is 9.94. The maximum absolute atomic E-state index is 6.11. The number of alkyl halides is 1. The molecule has 0 aliphatic carbocycles. The number of rotatable bonds is 3. The van der Waals surface area contributed by atoms with E-state index in [1.54, 1.807) is 0 Å². The van der Waals surface area contributed by atoms with E-state index < -0.39 is 0 Å². The molecule has 2 unspecified atom stereocenters. The molecule has 0 amide bonds. The van der Waals surface area contributed by atoms with Gasteiger partial charge in [-0.2, -0.15) is 0 Å². The summed E-state index contributed by atoms with van der Waals surface area (Å²) in [7, 11) is 0. The van der Waals surface area contributed by atoms with Crippen LogP contribution in [0.4, 0.5) is 0 Å². The summed E-state index contributed by atoms with van der Waals surface area (Å²) in [5.41, 5.74) is 7.47. The van der Waals surface area contributed by atoms with E-state index in [-0.39, 0.29) is 6.04 Å². The number of halogens is 1. The first-order chi connectivity index (χ1) is 7.79. The van der Waals surface area contributed by atoms with E-state index in [1.807, 2.05) is 0 Å². The molecule has 1 aromatic carbocycles. The summed E-state index contributed by atoms with van der Waals surface area (Å²) in [6.07, 6.45) is 1.12. The van der Waals surface area contributed by atoms with Crippen LogP contribution in [0, 0.1) is 5.92 Å². The highest BCUT2D eigenvalue weighted by atomic mass is 35.5. The van der Waals surface area contributed by atoms with Crippen LogP contribution in [0.5, 0.6) is 0 Å². The van der Waals surface area contributed by atoms with E-state index >= 15 is 0 Å². The van der Waals surface area contributed by atoms with Gasteiger partial charge < -0.3 is 5.73 Å². The third kappa shape index (κ3) is 2.97. The first kappa shape index (κ1) is 11.9. The van der Waals surface area contributed by atoms with Crippen molar-refractivity contribution in [2.45, 2.75) is 19.0 Å². The van der Waals surface area contributed by atoms with Gasteiger partial charge in [0.05, 0.1) is 0 Å². The van der Waals surface area contributed by atoms with Gasteiger partial charge in [-0.1, -0.05) is 30.3 Å². The molecule has 0 spiro atoms. The second-order valence-electron chi connectivity index (χ2n) is 4.59. The Labute approximate surface area is 102 Å². The lowest BCUT2D eigenvalue weighted by Gasteiger charge is -2.35. The number of nitrogens with two attached hydrogens (primary N) is 1. The van der Waals surface area contributed by atoms with Crippen LogP contribution in [0.25, 0.3) is 0 Å². The molecule has 0 bridgehead atoms. The lowest BCUT2D eigenvalue weighted by molar-refractivity contribution is 0.163. The number of likely N-dealkylation sites (tertiary alicyclic amines) is 1. The first-order valence-corrected chi connectivity index (χ1v) is 6.41. The average molecular weight is 239 g/mol. The fourth-order valence-electron chi connectivity index (χ4n) is 2.28. The van der Waals surface area contributed by atoms with Crippen molar-refractivity contribution in [2.75, 3.05) is 19.0 Å². The third-order valence-corrected chi connectivity index (χ3v) is 3.73. The average Bonchev–Trinajstić information content (AvgIpc) is 2.31. The summed E-state index contributed by atoms with van der Waals surface area (Å²) < 4.78 is 0. The molecule has 1 aliphatic heterocycles. The molecule has 2 nitrogen and oxygen atoms in total. The number of hydrogen-bond acceptors (Lipinski definition) is 2. The Hall–Kier alpha value is -0.570. The molecular weight excluding hydrogens is 220 g/mol. The maximum Gasteiger partial charge on any atom is 0.0267 e. The van der Waals surface area contributed by atoms with Crippen LogP contribution in [-0.2, 0) is 6.54 Å². The van der Waals surface area contributed by atoms with Gasteiger partial charge in [0.15, 0.2) is 0 Å². The predicted octanol–water partition coefficient (Wildman–Crippen LogP) is 2.07. The van der Waals surface area contributed by atoms with Crippen LogP contribution in [0.2, 0.25) is 0 Å². The summed E-state index contributed by atoms with van der Waals surface area (Å²) in [5.74, 6) is 1.19. The molecule has 2 rings (SSSR count). The largest absolute Gasteiger partial charge is 0.326 e. The fourth-order valence-corrected chi connectivity index (χ4v) is 2.66. The van der Waals surface area contributed by atoms with Crippen LogP contribution in [0.1, 0.15) is 12.0 Å². The molecule has 1 saturated heterocycles. The Balaban J connectivity index is 1.89. The molecule has 88 valence electrons. The van der Waals surface area contributed by atoms with Gasteiger partial charge in [-0.15, -0.1) is 11.6 Å². The minimum atomic E-state index is 0.231. The first-order valence-electron chi connectivity index (χ1n) is 5.87. The third-order valence-electron chi connectivity index (χ3n) is 3.34. The summed E-state index contributed by atoms with van der Waals surface area (Å²) in [6.45, 7) is 3.08. The Kier molecular flexibility index (Phi) is 4.22. The van der Waals surface area contributed by atoms with Crippen LogP contribution < -0.4 is 5.73 Å². The number of hydrogen-bond donors (Lipinski definition) is 1. The van der Waals surface area contributed by atoms with E-state index in [4.69, 9.17) is 17.3 Å². The monoisotopic (exact) mass is 238 g/mol. The molecule has 1 heterocycles. The van der Waals surface area contributed by atoms with Crippen molar-refractivity contribution in [3.05, 3.63) is 35.9 Å². The van der Waals surface area contributed by atoms with Crippen molar-refractivity contribution >= 4 is 11.6 Å². The zero-order chi connectivity index (χ0) is 11.4. The molecule has 0 aromatic heterocycles. The van der Waals surface area contributed by atoms with Crippen molar-refractivity contribution in [3.8, 4) is 0 Å². The molecular formula is C13H19ClN2. The maximum atomic E-state index is 6.11. The van der Waals surface area contributed by atoms with Gasteiger partial charge in [0.25, 0.3) is 0 Å². The lowest BCUT2D eigenvalue weighted by Crippen LogP contribution is -2.48. The second-order valence-corrected chi connectivity index (χ2v) is 4.90.